The van der Waals surface area contributed by atoms with Crippen LogP contribution < -0.4 is 10.5 Å². The molecule has 4 rings (SSSR count). The van der Waals surface area contributed by atoms with Crippen molar-refractivity contribution in [2.24, 2.45) is 16.3 Å². The van der Waals surface area contributed by atoms with Gasteiger partial charge >= 0.3 is 6.09 Å². The minimum absolute atomic E-state index is 0.132. The van der Waals surface area contributed by atoms with Gasteiger partial charge in [-0.1, -0.05) is 48.5 Å². The van der Waals surface area contributed by atoms with Crippen LogP contribution in [0.4, 0.5) is 4.79 Å². The summed E-state index contributed by atoms with van der Waals surface area (Å²) in [6.07, 6.45) is -1.44. The zero-order valence-corrected chi connectivity index (χ0v) is 18.3. The zero-order chi connectivity index (χ0) is 23.4. The van der Waals surface area contributed by atoms with Gasteiger partial charge in [-0.15, -0.1) is 0 Å². The van der Waals surface area contributed by atoms with E-state index in [4.69, 9.17) is 15.2 Å². The summed E-state index contributed by atoms with van der Waals surface area (Å²) in [6, 6.07) is 18.5. The van der Waals surface area contributed by atoms with Gasteiger partial charge in [-0.3, -0.25) is 9.59 Å². The molecule has 33 heavy (non-hydrogen) atoms. The Balaban J connectivity index is 1.55. The predicted octanol–water partition coefficient (Wildman–Crippen LogP) is 1.82. The summed E-state index contributed by atoms with van der Waals surface area (Å²) >= 11 is 0. The van der Waals surface area contributed by atoms with Gasteiger partial charge < -0.3 is 20.1 Å². The lowest BCUT2D eigenvalue weighted by Crippen LogP contribution is -2.58. The Morgan fingerprint density at radius 3 is 2.45 bits per heavy atom. The van der Waals surface area contributed by atoms with Crippen LogP contribution >= 0.6 is 0 Å². The summed E-state index contributed by atoms with van der Waals surface area (Å²) in [7, 11) is 1.62. The summed E-state index contributed by atoms with van der Waals surface area (Å²) in [5.41, 5.74) is 5.99. The minimum Gasteiger partial charge on any atom is -0.489 e. The molecule has 2 aromatic rings. The van der Waals surface area contributed by atoms with Gasteiger partial charge in [0.2, 0.25) is 6.10 Å². The lowest BCUT2D eigenvalue weighted by atomic mass is 9.73. The van der Waals surface area contributed by atoms with Crippen LogP contribution in [-0.4, -0.2) is 66.4 Å². The van der Waals surface area contributed by atoms with E-state index in [1.807, 2.05) is 36.4 Å². The van der Waals surface area contributed by atoms with Gasteiger partial charge in [-0.2, -0.15) is 5.10 Å². The zero-order valence-electron chi connectivity index (χ0n) is 18.3. The second kappa shape index (κ2) is 9.32. The number of benzene rings is 2. The molecule has 1 fully saturated rings. The first-order valence-corrected chi connectivity index (χ1v) is 10.7. The lowest BCUT2D eigenvalue weighted by molar-refractivity contribution is -0.146. The molecule has 0 unspecified atom stereocenters. The smallest absolute Gasteiger partial charge is 0.405 e. The van der Waals surface area contributed by atoms with E-state index in [1.54, 1.807) is 36.2 Å². The van der Waals surface area contributed by atoms with Gasteiger partial charge in [0.05, 0.1) is 5.71 Å². The van der Waals surface area contributed by atoms with Crippen LogP contribution in [0.25, 0.3) is 0 Å². The number of piperidine rings is 1. The molecule has 172 valence electrons. The van der Waals surface area contributed by atoms with Crippen LogP contribution in [0, 0.1) is 5.41 Å². The molecule has 9 heteroatoms. The molecular formula is C24H26N4O5. The molecule has 0 spiro atoms. The van der Waals surface area contributed by atoms with Gasteiger partial charge in [0, 0.05) is 26.6 Å². The summed E-state index contributed by atoms with van der Waals surface area (Å²) in [5, 5.41) is 5.80. The number of hydrogen-bond acceptors (Lipinski definition) is 6. The van der Waals surface area contributed by atoms with Gasteiger partial charge in [0.25, 0.3) is 11.8 Å². The molecule has 1 saturated heterocycles. The quantitative estimate of drug-likeness (QED) is 0.691. The van der Waals surface area contributed by atoms with E-state index in [2.05, 4.69) is 5.10 Å². The molecule has 2 atom stereocenters. The number of carbonyl (C=O) groups excluding carboxylic acids is 3. The molecule has 9 nitrogen and oxygen atoms in total. The van der Waals surface area contributed by atoms with Crippen molar-refractivity contribution >= 4 is 23.6 Å². The first-order chi connectivity index (χ1) is 15.9. The van der Waals surface area contributed by atoms with E-state index in [0.717, 1.165) is 11.3 Å². The maximum absolute atomic E-state index is 13.4. The summed E-state index contributed by atoms with van der Waals surface area (Å²) in [6.45, 7) is 0.286. The Kier molecular flexibility index (Phi) is 6.30. The number of likely N-dealkylation sites (tertiary alicyclic amines) is 1. The van der Waals surface area contributed by atoms with E-state index in [-0.39, 0.29) is 19.1 Å². The second-order valence-corrected chi connectivity index (χ2v) is 8.18. The number of hydrazone groups is 1. The van der Waals surface area contributed by atoms with Crippen molar-refractivity contribution in [3.8, 4) is 5.75 Å². The van der Waals surface area contributed by atoms with Crippen LogP contribution in [0.1, 0.15) is 12.0 Å². The number of nitrogens with zero attached hydrogens (tertiary/aromatic N) is 3. The van der Waals surface area contributed by atoms with Gasteiger partial charge in [0.15, 0.2) is 0 Å². The Morgan fingerprint density at radius 1 is 1.12 bits per heavy atom. The number of carbonyl (C=O) groups is 3. The minimum atomic E-state index is -1.23. The number of para-hydroxylation sites is 1. The Bertz CT molecular complexity index is 1060. The fourth-order valence-electron chi connectivity index (χ4n) is 4.40. The number of rotatable bonds is 7. The molecular weight excluding hydrogens is 424 g/mol. The molecule has 0 bridgehead atoms. The molecule has 2 N–H and O–H groups in total. The average Bonchev–Trinajstić information content (AvgIpc) is 3.06. The van der Waals surface area contributed by atoms with Crippen LogP contribution in [0.2, 0.25) is 0 Å². The molecule has 0 saturated carbocycles. The number of ether oxygens (including phenoxy) is 2. The molecule has 0 aliphatic carbocycles. The van der Waals surface area contributed by atoms with Crippen LogP contribution in [-0.2, 0) is 20.7 Å². The Labute approximate surface area is 191 Å². The largest absolute Gasteiger partial charge is 0.489 e. The molecule has 2 heterocycles. The SMILES string of the molecule is CN1N=C2CCN(C(=O)[C@@H](COc3ccccc3)OC(N)=O)C[C@@]2(Cc2ccccc2)C1=O. The second-order valence-electron chi connectivity index (χ2n) is 8.18. The third-order valence-electron chi connectivity index (χ3n) is 5.94. The van der Waals surface area contributed by atoms with Crippen molar-refractivity contribution < 1.29 is 23.9 Å². The van der Waals surface area contributed by atoms with Gasteiger partial charge in [-0.05, 0) is 24.1 Å². The summed E-state index contributed by atoms with van der Waals surface area (Å²) in [5.74, 6) is -0.0880. The third-order valence-corrected chi connectivity index (χ3v) is 5.94. The summed E-state index contributed by atoms with van der Waals surface area (Å²) in [4.78, 5) is 39.6. The number of primary amides is 1. The molecule has 3 amide bonds. The Morgan fingerprint density at radius 2 is 1.79 bits per heavy atom. The van der Waals surface area contributed by atoms with Crippen LogP contribution in [0.15, 0.2) is 65.8 Å². The van der Waals surface area contributed by atoms with Crippen molar-refractivity contribution in [2.45, 2.75) is 18.9 Å². The molecule has 2 aliphatic heterocycles. The molecule has 2 aliphatic rings. The number of amides is 3. The maximum atomic E-state index is 13.4. The maximum Gasteiger partial charge on any atom is 0.405 e. The standard InChI is InChI=1S/C24H26N4O5/c1-27-22(30)24(14-17-8-4-2-5-9-17)16-28(13-12-20(24)26-27)21(29)19(33-23(25)31)15-32-18-10-6-3-7-11-18/h2-11,19H,12-16H2,1H3,(H2,25,31)/t19-,24-/m1/s1. The van der Waals surface area contributed by atoms with Crippen molar-refractivity contribution in [3.05, 3.63) is 66.2 Å². The lowest BCUT2D eigenvalue weighted by Gasteiger charge is -2.40. The number of fused-ring (bicyclic) bond motifs is 1. The first-order valence-electron chi connectivity index (χ1n) is 10.7. The highest BCUT2D eigenvalue weighted by molar-refractivity contribution is 6.13. The highest BCUT2D eigenvalue weighted by Crippen LogP contribution is 2.38. The van der Waals surface area contributed by atoms with Gasteiger partial charge in [0.1, 0.15) is 17.8 Å². The highest BCUT2D eigenvalue weighted by Gasteiger charge is 2.54. The fourth-order valence-corrected chi connectivity index (χ4v) is 4.40. The van der Waals surface area contributed by atoms with Crippen molar-refractivity contribution in [1.82, 2.24) is 9.91 Å². The van der Waals surface area contributed by atoms with Gasteiger partial charge in [-0.25, -0.2) is 9.80 Å². The first kappa shape index (κ1) is 22.3. The monoisotopic (exact) mass is 450 g/mol. The molecule has 0 aromatic heterocycles. The average molecular weight is 450 g/mol. The van der Waals surface area contributed by atoms with E-state index >= 15 is 0 Å². The molecule has 0 radical (unpaired) electrons. The topological polar surface area (TPSA) is 115 Å². The number of hydrogen-bond donors (Lipinski definition) is 1. The predicted molar refractivity (Wildman–Crippen MR) is 120 cm³/mol. The highest BCUT2D eigenvalue weighted by atomic mass is 16.6. The fraction of sp³-hybridized carbons (Fsp3) is 0.333. The number of nitrogens with two attached hydrogens (primary N) is 1. The normalized spacial score (nSPS) is 20.6. The summed E-state index contributed by atoms with van der Waals surface area (Å²) < 4.78 is 10.7. The van der Waals surface area contributed by atoms with E-state index in [1.165, 1.54) is 5.01 Å². The Hall–Kier alpha value is -3.88. The van der Waals surface area contributed by atoms with Crippen LogP contribution in [0.3, 0.4) is 0 Å². The van der Waals surface area contributed by atoms with E-state index in [0.29, 0.717) is 25.1 Å². The van der Waals surface area contributed by atoms with Crippen LogP contribution in [0.5, 0.6) is 5.75 Å². The third kappa shape index (κ3) is 4.67. The van der Waals surface area contributed by atoms with Crippen molar-refractivity contribution in [3.63, 3.8) is 0 Å². The van der Waals surface area contributed by atoms with E-state index < -0.39 is 23.5 Å². The van der Waals surface area contributed by atoms with Crippen molar-refractivity contribution in [1.29, 1.82) is 0 Å². The van der Waals surface area contributed by atoms with E-state index in [9.17, 15) is 14.4 Å². The molecule has 2 aromatic carbocycles. The van der Waals surface area contributed by atoms with Crippen molar-refractivity contribution in [2.75, 3.05) is 26.7 Å².